The van der Waals surface area contributed by atoms with Crippen LogP contribution in [0.4, 0.5) is 0 Å². The van der Waals surface area contributed by atoms with Crippen molar-refractivity contribution < 1.29 is 14.2 Å². The molecule has 280 valence electrons. The average molecular weight is 672 g/mol. The van der Waals surface area contributed by atoms with Gasteiger partial charge in [-0.05, 0) is 83.5 Å². The van der Waals surface area contributed by atoms with Crippen LogP contribution in [0.5, 0.6) is 0 Å². The molecule has 48 heavy (non-hydrogen) atoms. The summed E-state index contributed by atoms with van der Waals surface area (Å²) >= 11 is 0. The SMILES string of the molecule is CCCCC/C=C/C/C=C/CCCCCCCCOCC(CCOCCN1CC1)OCCCCCCCC/C=C/C/C=C/CCCCC. The number of allylic oxidation sites excluding steroid dienone is 8. The Bertz CT molecular complexity index is 741. The van der Waals surface area contributed by atoms with Crippen LogP contribution in [0.3, 0.4) is 0 Å². The van der Waals surface area contributed by atoms with E-state index in [0.29, 0.717) is 6.61 Å². The minimum atomic E-state index is 0.161. The first-order valence-electron chi connectivity index (χ1n) is 21.0. The van der Waals surface area contributed by atoms with Crippen molar-refractivity contribution in [2.45, 2.75) is 180 Å². The summed E-state index contributed by atoms with van der Waals surface area (Å²) in [5.74, 6) is 0. The third kappa shape index (κ3) is 36.1. The highest BCUT2D eigenvalue weighted by Gasteiger charge is 2.16. The van der Waals surface area contributed by atoms with E-state index in [2.05, 4.69) is 67.4 Å². The molecule has 0 bridgehead atoms. The van der Waals surface area contributed by atoms with Crippen molar-refractivity contribution >= 4 is 0 Å². The van der Waals surface area contributed by atoms with Crippen molar-refractivity contribution in [2.75, 3.05) is 52.7 Å². The summed E-state index contributed by atoms with van der Waals surface area (Å²) in [6.45, 7) is 12.1. The van der Waals surface area contributed by atoms with E-state index >= 15 is 0 Å². The number of unbranched alkanes of at least 4 members (excludes halogenated alkanes) is 18. The lowest BCUT2D eigenvalue weighted by molar-refractivity contribution is -0.0350. The topological polar surface area (TPSA) is 30.7 Å². The van der Waals surface area contributed by atoms with Crippen molar-refractivity contribution in [3.8, 4) is 0 Å². The van der Waals surface area contributed by atoms with Gasteiger partial charge in [-0.25, -0.2) is 0 Å². The molecule has 1 rings (SSSR count). The third-order valence-electron chi connectivity index (χ3n) is 9.17. The van der Waals surface area contributed by atoms with E-state index in [9.17, 15) is 0 Å². The van der Waals surface area contributed by atoms with Crippen molar-refractivity contribution in [3.63, 3.8) is 0 Å². The highest BCUT2D eigenvalue weighted by atomic mass is 16.5. The fraction of sp³-hybridized carbons (Fsp3) is 0.818. The molecule has 0 saturated carbocycles. The van der Waals surface area contributed by atoms with Gasteiger partial charge in [0.1, 0.15) is 0 Å². The van der Waals surface area contributed by atoms with Crippen molar-refractivity contribution in [1.82, 2.24) is 4.90 Å². The molecule has 0 N–H and O–H groups in total. The molecule has 4 nitrogen and oxygen atoms in total. The maximum absolute atomic E-state index is 6.30. The average Bonchev–Trinajstić information content (AvgIpc) is 3.93. The predicted octanol–water partition coefficient (Wildman–Crippen LogP) is 12.7. The summed E-state index contributed by atoms with van der Waals surface area (Å²) < 4.78 is 18.3. The summed E-state index contributed by atoms with van der Waals surface area (Å²) in [6.07, 6.45) is 50.5. The van der Waals surface area contributed by atoms with Crippen molar-refractivity contribution in [3.05, 3.63) is 48.6 Å². The first-order valence-corrected chi connectivity index (χ1v) is 21.0. The van der Waals surface area contributed by atoms with Crippen LogP contribution in [0.1, 0.15) is 174 Å². The molecular weight excluding hydrogens is 590 g/mol. The van der Waals surface area contributed by atoms with Gasteiger partial charge in [-0.1, -0.05) is 140 Å². The van der Waals surface area contributed by atoms with E-state index in [-0.39, 0.29) is 6.10 Å². The highest BCUT2D eigenvalue weighted by molar-refractivity contribution is 4.93. The second-order valence-electron chi connectivity index (χ2n) is 14.0. The molecule has 0 aromatic carbocycles. The van der Waals surface area contributed by atoms with E-state index in [1.54, 1.807) is 0 Å². The molecule has 0 aromatic heterocycles. The maximum atomic E-state index is 6.30. The second-order valence-corrected chi connectivity index (χ2v) is 14.0. The van der Waals surface area contributed by atoms with Gasteiger partial charge in [0.15, 0.2) is 0 Å². The minimum absolute atomic E-state index is 0.161. The molecule has 4 heteroatoms. The van der Waals surface area contributed by atoms with Gasteiger partial charge in [0.05, 0.1) is 19.3 Å². The summed E-state index contributed by atoms with van der Waals surface area (Å²) in [4.78, 5) is 2.41. The molecule has 1 aliphatic rings. The summed E-state index contributed by atoms with van der Waals surface area (Å²) in [6, 6.07) is 0. The molecule has 0 spiro atoms. The first kappa shape index (κ1) is 44.8. The van der Waals surface area contributed by atoms with Gasteiger partial charge in [0.2, 0.25) is 0 Å². The zero-order valence-corrected chi connectivity index (χ0v) is 32.2. The van der Waals surface area contributed by atoms with Crippen LogP contribution >= 0.6 is 0 Å². The monoisotopic (exact) mass is 672 g/mol. The molecule has 0 aliphatic carbocycles. The molecule has 1 heterocycles. The number of hydrogen-bond donors (Lipinski definition) is 0. The van der Waals surface area contributed by atoms with Crippen LogP contribution in [0, 0.1) is 0 Å². The smallest absolute Gasteiger partial charge is 0.0830 e. The first-order chi connectivity index (χ1) is 23.9. The van der Waals surface area contributed by atoms with Gasteiger partial charge >= 0.3 is 0 Å². The van der Waals surface area contributed by atoms with Gasteiger partial charge in [0.25, 0.3) is 0 Å². The molecule has 1 unspecified atom stereocenters. The molecule has 1 saturated heterocycles. The number of ether oxygens (including phenoxy) is 3. The Balaban J connectivity index is 2.00. The van der Waals surface area contributed by atoms with Gasteiger partial charge in [-0.15, -0.1) is 0 Å². The standard InChI is InChI=1S/C44H81NO3/c1-3-5-7-9-11-13-15-17-19-21-23-25-27-29-31-33-39-47-43-44(35-41-46-42-38-45-36-37-45)48-40-34-32-30-28-26-24-22-20-18-16-14-12-10-8-6-4-2/h11-14,17-20,44H,3-10,15-16,21-43H2,1-2H3/b13-11+,14-12+,19-17+,20-18+. The second kappa shape index (κ2) is 38.6. The zero-order chi connectivity index (χ0) is 34.3. The fourth-order valence-corrected chi connectivity index (χ4v) is 5.77. The summed E-state index contributed by atoms with van der Waals surface area (Å²) in [5.41, 5.74) is 0. The van der Waals surface area contributed by atoms with Crippen LogP contribution in [0.25, 0.3) is 0 Å². The Kier molecular flexibility index (Phi) is 36.0. The number of nitrogens with zero attached hydrogens (tertiary/aromatic N) is 1. The largest absolute Gasteiger partial charge is 0.380 e. The Morgan fingerprint density at radius 2 is 0.917 bits per heavy atom. The maximum Gasteiger partial charge on any atom is 0.0830 e. The predicted molar refractivity (Wildman–Crippen MR) is 211 cm³/mol. The molecule has 0 amide bonds. The van der Waals surface area contributed by atoms with E-state index in [0.717, 1.165) is 65.1 Å². The number of rotatable bonds is 39. The lowest BCUT2D eigenvalue weighted by Crippen LogP contribution is -2.23. The van der Waals surface area contributed by atoms with Crippen LogP contribution in [-0.2, 0) is 14.2 Å². The van der Waals surface area contributed by atoms with E-state index in [1.807, 2.05) is 0 Å². The summed E-state index contributed by atoms with van der Waals surface area (Å²) in [7, 11) is 0. The van der Waals surface area contributed by atoms with Gasteiger partial charge < -0.3 is 14.2 Å². The van der Waals surface area contributed by atoms with Gasteiger partial charge in [-0.3, -0.25) is 4.90 Å². The molecule has 0 aromatic rings. The Hall–Kier alpha value is -1.20. The normalized spacial score (nSPS) is 14.5. The molecular formula is C44H81NO3. The van der Waals surface area contributed by atoms with Crippen molar-refractivity contribution in [2.24, 2.45) is 0 Å². The van der Waals surface area contributed by atoms with E-state index < -0.39 is 0 Å². The third-order valence-corrected chi connectivity index (χ3v) is 9.17. The van der Waals surface area contributed by atoms with E-state index in [4.69, 9.17) is 14.2 Å². The van der Waals surface area contributed by atoms with Crippen LogP contribution in [-0.4, -0.2) is 63.7 Å². The van der Waals surface area contributed by atoms with Gasteiger partial charge in [0, 0.05) is 39.5 Å². The van der Waals surface area contributed by atoms with Gasteiger partial charge in [-0.2, -0.15) is 0 Å². The lowest BCUT2D eigenvalue weighted by atomic mass is 10.1. The molecule has 0 radical (unpaired) electrons. The molecule has 1 atom stereocenters. The lowest BCUT2D eigenvalue weighted by Gasteiger charge is -2.18. The highest BCUT2D eigenvalue weighted by Crippen LogP contribution is 2.12. The Morgan fingerprint density at radius 3 is 1.42 bits per heavy atom. The summed E-state index contributed by atoms with van der Waals surface area (Å²) in [5, 5.41) is 0. The van der Waals surface area contributed by atoms with E-state index in [1.165, 1.54) is 142 Å². The minimum Gasteiger partial charge on any atom is -0.380 e. The van der Waals surface area contributed by atoms with Crippen LogP contribution < -0.4 is 0 Å². The quantitative estimate of drug-likeness (QED) is 0.0370. The fourth-order valence-electron chi connectivity index (χ4n) is 5.77. The molecule has 1 fully saturated rings. The molecule has 1 aliphatic heterocycles. The zero-order valence-electron chi connectivity index (χ0n) is 32.2. The van der Waals surface area contributed by atoms with Crippen molar-refractivity contribution in [1.29, 1.82) is 0 Å². The number of hydrogen-bond acceptors (Lipinski definition) is 4. The van der Waals surface area contributed by atoms with Crippen LogP contribution in [0.15, 0.2) is 48.6 Å². The Morgan fingerprint density at radius 1 is 0.458 bits per heavy atom. The van der Waals surface area contributed by atoms with Crippen LogP contribution in [0.2, 0.25) is 0 Å². The Labute approximate surface area is 300 Å².